The van der Waals surface area contributed by atoms with Crippen molar-refractivity contribution in [2.45, 2.75) is 13.3 Å². The summed E-state index contributed by atoms with van der Waals surface area (Å²) in [6.07, 6.45) is 2.09. The van der Waals surface area contributed by atoms with Crippen molar-refractivity contribution in [2.75, 3.05) is 6.26 Å². The molecule has 0 aliphatic heterocycles. The molecule has 58 valence electrons. The number of hydrogen-bond acceptors (Lipinski definition) is 4. The van der Waals surface area contributed by atoms with Crippen LogP contribution in [0.25, 0.3) is 0 Å². The lowest BCUT2D eigenvalue weighted by atomic mass is 10.4. The molecule has 0 unspecified atom stereocenters. The summed E-state index contributed by atoms with van der Waals surface area (Å²) in [5, 5.41) is 10.5. The van der Waals surface area contributed by atoms with Crippen molar-refractivity contribution in [3.63, 3.8) is 0 Å². The van der Waals surface area contributed by atoms with E-state index in [-0.39, 0.29) is 5.70 Å². The van der Waals surface area contributed by atoms with Crippen LogP contribution < -0.4 is 5.73 Å². The maximum atomic E-state index is 10.2. The van der Waals surface area contributed by atoms with Crippen LogP contribution in [0.4, 0.5) is 0 Å². The van der Waals surface area contributed by atoms with Gasteiger partial charge in [-0.3, -0.25) is 10.1 Å². The second kappa shape index (κ2) is 4.16. The van der Waals surface area contributed by atoms with Crippen LogP contribution in [0.15, 0.2) is 10.7 Å². The Bertz CT molecular complexity index is 167. The Hall–Kier alpha value is -0.710. The second-order valence-corrected chi connectivity index (χ2v) is 2.47. The fourth-order valence-corrected chi connectivity index (χ4v) is 0.966. The van der Waals surface area contributed by atoms with E-state index in [1.54, 1.807) is 13.2 Å². The first-order valence-corrected chi connectivity index (χ1v) is 4.03. The van der Waals surface area contributed by atoms with E-state index in [1.165, 1.54) is 11.8 Å². The van der Waals surface area contributed by atoms with Crippen LogP contribution in [-0.2, 0) is 0 Å². The van der Waals surface area contributed by atoms with Crippen LogP contribution in [0.5, 0.6) is 0 Å². The van der Waals surface area contributed by atoms with Gasteiger partial charge in [-0.25, -0.2) is 0 Å². The Morgan fingerprint density at radius 3 is 2.40 bits per heavy atom. The number of allylic oxidation sites excluding steroid dienone is 1. The molecule has 0 aliphatic rings. The first-order chi connectivity index (χ1) is 4.63. The minimum absolute atomic E-state index is 0.104. The third-order valence-electron chi connectivity index (χ3n) is 1.06. The highest BCUT2D eigenvalue weighted by molar-refractivity contribution is 8.02. The van der Waals surface area contributed by atoms with E-state index in [4.69, 9.17) is 5.73 Å². The Labute approximate surface area is 63.6 Å². The van der Waals surface area contributed by atoms with Crippen molar-refractivity contribution in [3.8, 4) is 0 Å². The zero-order valence-corrected chi connectivity index (χ0v) is 6.77. The Balaban J connectivity index is 4.45. The van der Waals surface area contributed by atoms with Gasteiger partial charge in [0, 0.05) is 6.42 Å². The minimum atomic E-state index is -0.439. The van der Waals surface area contributed by atoms with E-state index in [9.17, 15) is 10.1 Å². The average Bonchev–Trinajstić information content (AvgIpc) is 1.88. The molecular weight excluding hydrogens is 152 g/mol. The predicted octanol–water partition coefficient (Wildman–Crippen LogP) is 1.16. The molecule has 0 aromatic carbocycles. The van der Waals surface area contributed by atoms with Gasteiger partial charge in [-0.05, 0) is 6.26 Å². The van der Waals surface area contributed by atoms with Crippen LogP contribution in [0.3, 0.4) is 0 Å². The van der Waals surface area contributed by atoms with E-state index in [1.807, 2.05) is 0 Å². The summed E-state index contributed by atoms with van der Waals surface area (Å²) in [6, 6.07) is 0. The zero-order chi connectivity index (χ0) is 8.15. The second-order valence-electron chi connectivity index (χ2n) is 1.63. The van der Waals surface area contributed by atoms with Crippen LogP contribution in [0, 0.1) is 10.1 Å². The molecule has 0 aliphatic carbocycles. The standard InChI is InChI=1S/C5H10N2O2S/c1-3-4(7(8)9)5(6)10-2/h3,6H2,1-2H3. The molecule has 0 amide bonds. The molecule has 5 heteroatoms. The van der Waals surface area contributed by atoms with Crippen LogP contribution in [0.1, 0.15) is 13.3 Å². The molecule has 0 saturated carbocycles. The fourth-order valence-electron chi connectivity index (χ4n) is 0.511. The number of rotatable bonds is 3. The van der Waals surface area contributed by atoms with Gasteiger partial charge in [0.1, 0.15) is 5.03 Å². The lowest BCUT2D eigenvalue weighted by Crippen LogP contribution is -2.05. The van der Waals surface area contributed by atoms with E-state index < -0.39 is 4.92 Å². The van der Waals surface area contributed by atoms with E-state index in [0.29, 0.717) is 11.4 Å². The van der Waals surface area contributed by atoms with Crippen LogP contribution >= 0.6 is 11.8 Å². The molecule has 0 fully saturated rings. The van der Waals surface area contributed by atoms with Gasteiger partial charge >= 0.3 is 0 Å². The SMILES string of the molecule is CCC(=C(N)SC)[N+](=O)[O-]. The zero-order valence-electron chi connectivity index (χ0n) is 5.96. The third kappa shape index (κ3) is 2.26. The first kappa shape index (κ1) is 9.29. The van der Waals surface area contributed by atoms with Crippen molar-refractivity contribution < 1.29 is 4.92 Å². The molecular formula is C5H10N2O2S. The van der Waals surface area contributed by atoms with E-state index in [0.717, 1.165) is 0 Å². The van der Waals surface area contributed by atoms with Gasteiger partial charge in [-0.15, -0.1) is 11.8 Å². The van der Waals surface area contributed by atoms with Crippen LogP contribution in [-0.4, -0.2) is 11.2 Å². The first-order valence-electron chi connectivity index (χ1n) is 2.80. The van der Waals surface area contributed by atoms with E-state index in [2.05, 4.69) is 0 Å². The van der Waals surface area contributed by atoms with Gasteiger partial charge in [0.2, 0.25) is 0 Å². The molecule has 0 aromatic heterocycles. The van der Waals surface area contributed by atoms with Gasteiger partial charge in [0.25, 0.3) is 5.70 Å². The minimum Gasteiger partial charge on any atom is -0.388 e. The number of hydrogen-bond donors (Lipinski definition) is 1. The van der Waals surface area contributed by atoms with Gasteiger partial charge in [0.15, 0.2) is 0 Å². The van der Waals surface area contributed by atoms with Gasteiger partial charge in [0.05, 0.1) is 4.92 Å². The summed E-state index contributed by atoms with van der Waals surface area (Å²) >= 11 is 1.20. The monoisotopic (exact) mass is 162 g/mol. The molecule has 0 saturated heterocycles. The van der Waals surface area contributed by atoms with Crippen molar-refractivity contribution >= 4 is 11.8 Å². The smallest absolute Gasteiger partial charge is 0.275 e. The molecule has 2 N–H and O–H groups in total. The molecule has 0 rings (SSSR count). The molecule has 10 heavy (non-hydrogen) atoms. The maximum Gasteiger partial charge on any atom is 0.275 e. The molecule has 0 radical (unpaired) electrons. The molecule has 0 spiro atoms. The summed E-state index contributed by atoms with van der Waals surface area (Å²) in [4.78, 5) is 9.75. The quantitative estimate of drug-likeness (QED) is 0.499. The van der Waals surface area contributed by atoms with Crippen molar-refractivity contribution in [1.29, 1.82) is 0 Å². The molecule has 0 aromatic rings. The van der Waals surface area contributed by atoms with Crippen molar-refractivity contribution in [1.82, 2.24) is 0 Å². The van der Waals surface area contributed by atoms with E-state index >= 15 is 0 Å². The van der Waals surface area contributed by atoms with Crippen molar-refractivity contribution in [2.24, 2.45) is 5.73 Å². The Morgan fingerprint density at radius 1 is 1.80 bits per heavy atom. The largest absolute Gasteiger partial charge is 0.388 e. The molecule has 0 heterocycles. The van der Waals surface area contributed by atoms with Gasteiger partial charge < -0.3 is 5.73 Å². The Morgan fingerprint density at radius 2 is 2.30 bits per heavy atom. The third-order valence-corrected chi connectivity index (χ3v) is 1.74. The summed E-state index contributed by atoms with van der Waals surface area (Å²) in [6.45, 7) is 1.71. The summed E-state index contributed by atoms with van der Waals surface area (Å²) in [7, 11) is 0. The number of nitro groups is 1. The molecule has 0 bridgehead atoms. The number of nitrogens with two attached hydrogens (primary N) is 1. The molecule has 0 atom stereocenters. The maximum absolute atomic E-state index is 10.2. The Kier molecular flexibility index (Phi) is 3.87. The normalized spacial score (nSPS) is 12.6. The summed E-state index contributed by atoms with van der Waals surface area (Å²) in [5.41, 5.74) is 5.43. The number of thioether (sulfide) groups is 1. The highest BCUT2D eigenvalue weighted by Crippen LogP contribution is 2.13. The lowest BCUT2D eigenvalue weighted by molar-refractivity contribution is -0.428. The number of nitrogens with zero attached hydrogens (tertiary/aromatic N) is 1. The summed E-state index contributed by atoms with van der Waals surface area (Å²) in [5.74, 6) is 0. The highest BCUT2D eigenvalue weighted by Gasteiger charge is 2.11. The van der Waals surface area contributed by atoms with Crippen molar-refractivity contribution in [3.05, 3.63) is 20.8 Å². The summed E-state index contributed by atoms with van der Waals surface area (Å²) < 4.78 is 0. The highest BCUT2D eigenvalue weighted by atomic mass is 32.2. The lowest BCUT2D eigenvalue weighted by Gasteiger charge is -1.96. The van der Waals surface area contributed by atoms with Gasteiger partial charge in [-0.2, -0.15) is 0 Å². The van der Waals surface area contributed by atoms with Crippen LogP contribution in [0.2, 0.25) is 0 Å². The topological polar surface area (TPSA) is 69.2 Å². The van der Waals surface area contributed by atoms with Gasteiger partial charge in [-0.1, -0.05) is 6.92 Å². The predicted molar refractivity (Wildman–Crippen MR) is 42.0 cm³/mol. The fraction of sp³-hybridized carbons (Fsp3) is 0.600. The average molecular weight is 162 g/mol. The molecule has 4 nitrogen and oxygen atoms in total.